The highest BCUT2D eigenvalue weighted by atomic mass is 16.2. The maximum absolute atomic E-state index is 12.6. The Bertz CT molecular complexity index is 1590. The normalized spacial score (nSPS) is 11.9. The van der Waals surface area contributed by atoms with Gasteiger partial charge in [0.15, 0.2) is 0 Å². The molecule has 0 aromatic heterocycles. The van der Waals surface area contributed by atoms with Gasteiger partial charge in [-0.1, -0.05) is 72.8 Å². The Kier molecular flexibility index (Phi) is 7.04. The topological polar surface area (TPSA) is 82.9 Å². The molecule has 0 heterocycles. The summed E-state index contributed by atoms with van der Waals surface area (Å²) in [4.78, 5) is 25.2. The molecule has 0 unspecified atom stereocenters. The molecule has 38 heavy (non-hydrogen) atoms. The van der Waals surface area contributed by atoms with E-state index < -0.39 is 0 Å². The molecule has 0 saturated carbocycles. The highest BCUT2D eigenvalue weighted by Crippen LogP contribution is 2.17. The van der Waals surface area contributed by atoms with Gasteiger partial charge in [0.1, 0.15) is 0 Å². The Labute approximate surface area is 220 Å². The molecule has 186 valence electrons. The van der Waals surface area contributed by atoms with E-state index in [4.69, 9.17) is 0 Å². The molecule has 2 amide bonds. The Morgan fingerprint density at radius 1 is 0.474 bits per heavy atom. The summed E-state index contributed by atoms with van der Waals surface area (Å²) in [6.45, 7) is 3.69. The summed E-state index contributed by atoms with van der Waals surface area (Å²) in [6, 6.07) is 34.6. The number of amides is 2. The number of nitrogens with zero attached hydrogens (tertiary/aromatic N) is 2. The van der Waals surface area contributed by atoms with E-state index in [1.165, 1.54) is 0 Å². The van der Waals surface area contributed by atoms with Crippen molar-refractivity contribution in [3.05, 3.63) is 131 Å². The lowest BCUT2D eigenvalue weighted by Gasteiger charge is -2.06. The van der Waals surface area contributed by atoms with Crippen molar-refractivity contribution in [3.8, 4) is 0 Å². The number of hydrogen-bond donors (Lipinski definition) is 2. The molecular formula is C32H26N4O2. The van der Waals surface area contributed by atoms with Crippen LogP contribution >= 0.6 is 0 Å². The van der Waals surface area contributed by atoms with Gasteiger partial charge < -0.3 is 0 Å². The van der Waals surface area contributed by atoms with Crippen LogP contribution < -0.4 is 10.9 Å². The first-order valence-corrected chi connectivity index (χ1v) is 12.3. The second kappa shape index (κ2) is 10.9. The third kappa shape index (κ3) is 5.50. The van der Waals surface area contributed by atoms with Crippen molar-refractivity contribution in [2.45, 2.75) is 13.8 Å². The van der Waals surface area contributed by atoms with Gasteiger partial charge in [0, 0.05) is 11.1 Å². The summed E-state index contributed by atoms with van der Waals surface area (Å²) >= 11 is 0. The molecule has 6 nitrogen and oxygen atoms in total. The second-order valence-corrected chi connectivity index (χ2v) is 8.98. The molecular weight excluding hydrogens is 472 g/mol. The smallest absolute Gasteiger partial charge is 0.267 e. The van der Waals surface area contributed by atoms with Crippen molar-refractivity contribution in [2.75, 3.05) is 0 Å². The zero-order chi connectivity index (χ0) is 26.5. The first-order valence-electron chi connectivity index (χ1n) is 12.3. The van der Waals surface area contributed by atoms with Gasteiger partial charge in [-0.15, -0.1) is 0 Å². The van der Waals surface area contributed by atoms with Gasteiger partial charge in [0.2, 0.25) is 0 Å². The molecule has 0 radical (unpaired) electrons. The van der Waals surface area contributed by atoms with Crippen LogP contribution in [0.2, 0.25) is 0 Å². The van der Waals surface area contributed by atoms with Gasteiger partial charge in [0.05, 0.1) is 11.4 Å². The molecule has 0 fully saturated rings. The number of carbonyl (C=O) groups is 2. The van der Waals surface area contributed by atoms with Crippen molar-refractivity contribution in [2.24, 2.45) is 10.2 Å². The van der Waals surface area contributed by atoms with E-state index in [0.717, 1.165) is 32.7 Å². The minimum absolute atomic E-state index is 0.359. The van der Waals surface area contributed by atoms with Crippen LogP contribution in [0.15, 0.2) is 119 Å². The fraction of sp³-hybridized carbons (Fsp3) is 0.0625. The van der Waals surface area contributed by atoms with E-state index in [1.54, 1.807) is 24.3 Å². The molecule has 0 atom stereocenters. The predicted octanol–water partition coefficient (Wildman–Crippen LogP) is 6.30. The van der Waals surface area contributed by atoms with E-state index in [0.29, 0.717) is 22.6 Å². The van der Waals surface area contributed by atoms with Gasteiger partial charge >= 0.3 is 0 Å². The highest BCUT2D eigenvalue weighted by Gasteiger charge is 2.09. The van der Waals surface area contributed by atoms with E-state index >= 15 is 0 Å². The summed E-state index contributed by atoms with van der Waals surface area (Å²) in [5, 5.41) is 13.0. The number of benzene rings is 5. The minimum atomic E-state index is -0.359. The molecule has 0 spiro atoms. The number of fused-ring (bicyclic) bond motifs is 2. The third-order valence-corrected chi connectivity index (χ3v) is 6.39. The minimum Gasteiger partial charge on any atom is -0.267 e. The van der Waals surface area contributed by atoms with E-state index in [1.807, 2.05) is 86.6 Å². The van der Waals surface area contributed by atoms with Gasteiger partial charge in [-0.05, 0) is 82.9 Å². The van der Waals surface area contributed by atoms with Crippen LogP contribution in [0.25, 0.3) is 21.5 Å². The number of carbonyl (C=O) groups excluding carboxylic acids is 2. The zero-order valence-corrected chi connectivity index (χ0v) is 21.1. The molecule has 0 aliphatic heterocycles. The average Bonchev–Trinajstić information content (AvgIpc) is 2.97. The van der Waals surface area contributed by atoms with Gasteiger partial charge in [0.25, 0.3) is 11.8 Å². The summed E-state index contributed by atoms with van der Waals surface area (Å²) < 4.78 is 0. The average molecular weight is 499 g/mol. The van der Waals surface area contributed by atoms with Crippen LogP contribution in [0.4, 0.5) is 0 Å². The Balaban J connectivity index is 1.21. The van der Waals surface area contributed by atoms with E-state index in [9.17, 15) is 9.59 Å². The molecule has 5 aromatic rings. The quantitative estimate of drug-likeness (QED) is 0.213. The molecule has 0 bridgehead atoms. The largest absolute Gasteiger partial charge is 0.271 e. The number of nitrogens with one attached hydrogen (secondary N) is 2. The van der Waals surface area contributed by atoms with E-state index in [2.05, 4.69) is 33.2 Å². The molecule has 5 rings (SSSR count). The lowest BCUT2D eigenvalue weighted by molar-refractivity contribution is 0.0943. The van der Waals surface area contributed by atoms with Crippen LogP contribution in [0.3, 0.4) is 0 Å². The summed E-state index contributed by atoms with van der Waals surface area (Å²) in [5.41, 5.74) is 9.22. The van der Waals surface area contributed by atoms with Crippen LogP contribution in [-0.2, 0) is 0 Å². The predicted molar refractivity (Wildman–Crippen MR) is 154 cm³/mol. The fourth-order valence-corrected chi connectivity index (χ4v) is 4.13. The number of hydrazone groups is 2. The van der Waals surface area contributed by atoms with Gasteiger partial charge in [-0.25, -0.2) is 10.9 Å². The highest BCUT2D eigenvalue weighted by molar-refractivity contribution is 6.04. The summed E-state index contributed by atoms with van der Waals surface area (Å²) in [7, 11) is 0. The molecule has 5 aromatic carbocycles. The molecule has 2 N–H and O–H groups in total. The Morgan fingerprint density at radius 2 is 0.816 bits per heavy atom. The fourth-order valence-electron chi connectivity index (χ4n) is 4.13. The first-order chi connectivity index (χ1) is 18.5. The molecule has 6 heteroatoms. The van der Waals surface area contributed by atoms with Crippen molar-refractivity contribution >= 4 is 44.8 Å². The van der Waals surface area contributed by atoms with Crippen LogP contribution in [0, 0.1) is 0 Å². The first kappa shape index (κ1) is 24.6. The molecule has 0 saturated heterocycles. The van der Waals surface area contributed by atoms with E-state index in [-0.39, 0.29) is 11.8 Å². The molecule has 0 aliphatic rings. The lowest BCUT2D eigenvalue weighted by atomic mass is 10.0. The van der Waals surface area contributed by atoms with Crippen molar-refractivity contribution < 1.29 is 9.59 Å². The monoisotopic (exact) mass is 498 g/mol. The van der Waals surface area contributed by atoms with Crippen molar-refractivity contribution in [3.63, 3.8) is 0 Å². The SMILES string of the molecule is CC(=NNC(=O)c1ccc(C(=O)NN=C(C)c2ccc3ccccc3c2)cc1)c1ccc2ccccc2c1. The maximum Gasteiger partial charge on any atom is 0.271 e. The lowest BCUT2D eigenvalue weighted by Crippen LogP contribution is -2.21. The Hall–Kier alpha value is -5.10. The summed E-state index contributed by atoms with van der Waals surface area (Å²) in [5.74, 6) is -0.718. The second-order valence-electron chi connectivity index (χ2n) is 8.98. The Morgan fingerprint density at radius 3 is 1.21 bits per heavy atom. The number of hydrogen-bond acceptors (Lipinski definition) is 4. The third-order valence-electron chi connectivity index (χ3n) is 6.39. The maximum atomic E-state index is 12.6. The van der Waals surface area contributed by atoms with Crippen LogP contribution in [-0.4, -0.2) is 23.2 Å². The zero-order valence-electron chi connectivity index (χ0n) is 21.1. The standard InChI is InChI=1S/C32H26N4O2/c1-21(27-17-11-23-7-3-5-9-29(23)19-27)33-35-31(37)25-13-15-26(16-14-25)32(38)36-34-22(2)28-18-12-24-8-4-6-10-30(24)20-28/h3-20H,1-2H3,(H,35,37)(H,36,38). The summed E-state index contributed by atoms with van der Waals surface area (Å²) in [6.07, 6.45) is 0. The van der Waals surface area contributed by atoms with Crippen LogP contribution in [0.1, 0.15) is 45.7 Å². The van der Waals surface area contributed by atoms with Crippen LogP contribution in [0.5, 0.6) is 0 Å². The van der Waals surface area contributed by atoms with Gasteiger partial charge in [-0.3, -0.25) is 9.59 Å². The molecule has 0 aliphatic carbocycles. The van der Waals surface area contributed by atoms with Crippen molar-refractivity contribution in [1.29, 1.82) is 0 Å². The van der Waals surface area contributed by atoms with Gasteiger partial charge in [-0.2, -0.15) is 10.2 Å². The van der Waals surface area contributed by atoms with Crippen molar-refractivity contribution in [1.82, 2.24) is 10.9 Å². The number of rotatable bonds is 6.